The van der Waals surface area contributed by atoms with Gasteiger partial charge in [0, 0.05) is 0 Å². The fraction of sp³-hybridized carbons (Fsp3) is 0.125. The Bertz CT molecular complexity index is 516. The molecule has 3 rings (SSSR count). The van der Waals surface area contributed by atoms with E-state index >= 15 is 0 Å². The van der Waals surface area contributed by atoms with E-state index in [2.05, 4.69) is 30.8 Å². The summed E-state index contributed by atoms with van der Waals surface area (Å²) in [4.78, 5) is 0. The van der Waals surface area contributed by atoms with Crippen molar-refractivity contribution in [1.82, 2.24) is 0 Å². The molecule has 0 bridgehead atoms. The van der Waals surface area contributed by atoms with Crippen molar-refractivity contribution in [3.63, 3.8) is 0 Å². The Morgan fingerprint density at radius 2 is 1.47 bits per heavy atom. The van der Waals surface area contributed by atoms with E-state index in [9.17, 15) is 0 Å². The second kappa shape index (κ2) is 4.19. The van der Waals surface area contributed by atoms with Crippen LogP contribution in [0, 0.1) is 0 Å². The summed E-state index contributed by atoms with van der Waals surface area (Å²) in [5.74, 6) is 0. The van der Waals surface area contributed by atoms with Crippen LogP contribution in [0.4, 0.5) is 0 Å². The van der Waals surface area contributed by atoms with E-state index in [1.807, 2.05) is 36.4 Å². The maximum atomic E-state index is 5.72. The van der Waals surface area contributed by atoms with Crippen molar-refractivity contribution in [2.45, 2.75) is 12.2 Å². The zero-order valence-corrected chi connectivity index (χ0v) is 9.54. The molecule has 0 aliphatic carbocycles. The van der Waals surface area contributed by atoms with Crippen molar-refractivity contribution in [1.29, 1.82) is 0 Å². The number of epoxide rings is 1. The fourth-order valence-electron chi connectivity index (χ4n) is 2.09. The molecule has 0 spiro atoms. The molecule has 1 aliphatic rings. The molecule has 1 fully saturated rings. The standard InChI is InChI=1S/C16H14O/c1-12(13-8-4-2-5-9-13)15-16(17-15)14-10-6-3-7-11-14/h2-11,15-16H,1H2/t15-,16+/m1/s1. The van der Waals surface area contributed by atoms with Crippen molar-refractivity contribution >= 4 is 5.57 Å². The maximum Gasteiger partial charge on any atom is 0.114 e. The van der Waals surface area contributed by atoms with Crippen molar-refractivity contribution in [2.75, 3.05) is 0 Å². The summed E-state index contributed by atoms with van der Waals surface area (Å²) in [6, 6.07) is 20.5. The normalized spacial score (nSPS) is 22.1. The Labute approximate surface area is 101 Å². The summed E-state index contributed by atoms with van der Waals surface area (Å²) >= 11 is 0. The molecule has 2 atom stereocenters. The Kier molecular flexibility index (Phi) is 2.54. The molecule has 1 nitrogen and oxygen atoms in total. The molecule has 1 heteroatoms. The summed E-state index contributed by atoms with van der Waals surface area (Å²) in [7, 11) is 0. The van der Waals surface area contributed by atoms with E-state index < -0.39 is 0 Å². The lowest BCUT2D eigenvalue weighted by Gasteiger charge is -2.01. The van der Waals surface area contributed by atoms with Gasteiger partial charge in [-0.15, -0.1) is 0 Å². The van der Waals surface area contributed by atoms with Gasteiger partial charge < -0.3 is 4.74 Å². The third-order valence-corrected chi connectivity index (χ3v) is 3.11. The summed E-state index contributed by atoms with van der Waals surface area (Å²) in [6.45, 7) is 4.14. The quantitative estimate of drug-likeness (QED) is 0.719. The number of benzene rings is 2. The minimum Gasteiger partial charge on any atom is -0.359 e. The Balaban J connectivity index is 1.76. The van der Waals surface area contributed by atoms with Gasteiger partial charge in [0.2, 0.25) is 0 Å². The molecule has 0 N–H and O–H groups in total. The van der Waals surface area contributed by atoms with Crippen molar-refractivity contribution in [3.8, 4) is 0 Å². The van der Waals surface area contributed by atoms with E-state index in [-0.39, 0.29) is 12.2 Å². The van der Waals surface area contributed by atoms with Crippen LogP contribution >= 0.6 is 0 Å². The van der Waals surface area contributed by atoms with Gasteiger partial charge in [-0.2, -0.15) is 0 Å². The molecule has 0 amide bonds. The molecular formula is C16H14O. The molecule has 0 saturated carbocycles. The van der Waals surface area contributed by atoms with Crippen molar-refractivity contribution in [3.05, 3.63) is 78.4 Å². The topological polar surface area (TPSA) is 12.5 Å². The van der Waals surface area contributed by atoms with Crippen LogP contribution in [0.5, 0.6) is 0 Å². The predicted octanol–water partition coefficient (Wildman–Crippen LogP) is 3.84. The average Bonchev–Trinajstić information content (AvgIpc) is 3.20. The summed E-state index contributed by atoms with van der Waals surface area (Å²) < 4.78 is 5.72. The first kappa shape index (κ1) is 10.3. The van der Waals surface area contributed by atoms with Gasteiger partial charge in [-0.05, 0) is 16.7 Å². The lowest BCUT2D eigenvalue weighted by Crippen LogP contribution is -1.92. The van der Waals surface area contributed by atoms with E-state index in [1.165, 1.54) is 5.56 Å². The lowest BCUT2D eigenvalue weighted by atomic mass is 10.00. The zero-order valence-electron chi connectivity index (χ0n) is 9.54. The smallest absolute Gasteiger partial charge is 0.114 e. The third-order valence-electron chi connectivity index (χ3n) is 3.11. The van der Waals surface area contributed by atoms with Crippen LogP contribution in [0.15, 0.2) is 67.2 Å². The minimum absolute atomic E-state index is 0.139. The largest absolute Gasteiger partial charge is 0.359 e. The van der Waals surface area contributed by atoms with Gasteiger partial charge in [0.15, 0.2) is 0 Å². The van der Waals surface area contributed by atoms with Crippen LogP contribution in [-0.2, 0) is 4.74 Å². The second-order valence-corrected chi connectivity index (χ2v) is 4.28. The van der Waals surface area contributed by atoms with Crippen molar-refractivity contribution in [2.24, 2.45) is 0 Å². The molecule has 0 aromatic heterocycles. The molecule has 1 saturated heterocycles. The molecule has 17 heavy (non-hydrogen) atoms. The third kappa shape index (κ3) is 2.02. The van der Waals surface area contributed by atoms with Crippen LogP contribution < -0.4 is 0 Å². The van der Waals surface area contributed by atoms with E-state index in [4.69, 9.17) is 4.74 Å². The first-order valence-corrected chi connectivity index (χ1v) is 5.81. The summed E-state index contributed by atoms with van der Waals surface area (Å²) in [6.07, 6.45) is 0.323. The number of rotatable bonds is 3. The van der Waals surface area contributed by atoms with Gasteiger partial charge in [-0.3, -0.25) is 0 Å². The Morgan fingerprint density at radius 3 is 2.12 bits per heavy atom. The predicted molar refractivity (Wildman–Crippen MR) is 69.5 cm³/mol. The average molecular weight is 222 g/mol. The number of ether oxygens (including phenoxy) is 1. The maximum absolute atomic E-state index is 5.72. The van der Waals surface area contributed by atoms with E-state index in [0.29, 0.717) is 0 Å². The molecule has 2 aromatic rings. The highest BCUT2D eigenvalue weighted by Crippen LogP contribution is 2.45. The SMILES string of the molecule is C=C(c1ccccc1)[C@H]1O[C@H]1c1ccccc1. The van der Waals surface area contributed by atoms with Gasteiger partial charge in [-0.25, -0.2) is 0 Å². The highest BCUT2D eigenvalue weighted by atomic mass is 16.6. The van der Waals surface area contributed by atoms with Gasteiger partial charge in [0.25, 0.3) is 0 Å². The highest BCUT2D eigenvalue weighted by molar-refractivity contribution is 5.69. The van der Waals surface area contributed by atoms with Gasteiger partial charge in [-0.1, -0.05) is 67.2 Å². The second-order valence-electron chi connectivity index (χ2n) is 4.28. The Hall–Kier alpha value is -1.86. The molecule has 84 valence electrons. The minimum atomic E-state index is 0.139. The summed E-state index contributed by atoms with van der Waals surface area (Å²) in [5.41, 5.74) is 3.46. The van der Waals surface area contributed by atoms with Crippen LogP contribution in [-0.4, -0.2) is 6.10 Å². The molecule has 1 heterocycles. The first-order valence-electron chi connectivity index (χ1n) is 5.81. The lowest BCUT2D eigenvalue weighted by molar-refractivity contribution is 0.397. The number of hydrogen-bond acceptors (Lipinski definition) is 1. The molecule has 0 unspecified atom stereocenters. The monoisotopic (exact) mass is 222 g/mol. The summed E-state index contributed by atoms with van der Waals surface area (Å²) in [5, 5.41) is 0. The van der Waals surface area contributed by atoms with Gasteiger partial charge in [0.05, 0.1) is 0 Å². The van der Waals surface area contributed by atoms with Crippen LogP contribution in [0.1, 0.15) is 17.2 Å². The molecule has 2 aromatic carbocycles. The highest BCUT2D eigenvalue weighted by Gasteiger charge is 2.42. The Morgan fingerprint density at radius 1 is 0.882 bits per heavy atom. The molecule has 1 aliphatic heterocycles. The van der Waals surface area contributed by atoms with Crippen LogP contribution in [0.25, 0.3) is 5.57 Å². The van der Waals surface area contributed by atoms with E-state index in [1.54, 1.807) is 0 Å². The molecule has 0 radical (unpaired) electrons. The van der Waals surface area contributed by atoms with Crippen molar-refractivity contribution < 1.29 is 4.74 Å². The van der Waals surface area contributed by atoms with Crippen LogP contribution in [0.3, 0.4) is 0 Å². The first-order chi connectivity index (χ1) is 8.36. The van der Waals surface area contributed by atoms with Gasteiger partial charge >= 0.3 is 0 Å². The van der Waals surface area contributed by atoms with Crippen LogP contribution in [0.2, 0.25) is 0 Å². The van der Waals surface area contributed by atoms with E-state index in [0.717, 1.165) is 11.1 Å². The number of hydrogen-bond donors (Lipinski definition) is 0. The fourth-order valence-corrected chi connectivity index (χ4v) is 2.09. The molecular weight excluding hydrogens is 208 g/mol. The van der Waals surface area contributed by atoms with Gasteiger partial charge in [0.1, 0.15) is 12.2 Å². The zero-order chi connectivity index (χ0) is 11.7.